The average Bonchev–Trinajstić information content (AvgIpc) is 3.14. The van der Waals surface area contributed by atoms with Crippen LogP contribution in [-0.2, 0) is 4.79 Å². The van der Waals surface area contributed by atoms with E-state index in [4.69, 9.17) is 12.2 Å². The normalized spacial score (nSPS) is 11.8. The summed E-state index contributed by atoms with van der Waals surface area (Å²) in [5.41, 5.74) is 0.855. The Kier molecular flexibility index (Phi) is 7.87. The van der Waals surface area contributed by atoms with Crippen molar-refractivity contribution in [2.24, 2.45) is 0 Å². The molecule has 25 heavy (non-hydrogen) atoms. The predicted molar refractivity (Wildman–Crippen MR) is 109 cm³/mol. The first-order valence-electron chi connectivity index (χ1n) is 8.05. The lowest BCUT2D eigenvalue weighted by Crippen LogP contribution is -2.32. The van der Waals surface area contributed by atoms with E-state index in [1.54, 1.807) is 23.5 Å². The van der Waals surface area contributed by atoms with Crippen LogP contribution in [0, 0.1) is 5.82 Å². The minimum atomic E-state index is -0.292. The van der Waals surface area contributed by atoms with E-state index in [1.807, 2.05) is 36.3 Å². The number of nitrogens with zero attached hydrogens (tertiary/aromatic N) is 1. The summed E-state index contributed by atoms with van der Waals surface area (Å²) in [6, 6.07) is 9.84. The minimum absolute atomic E-state index is 0.0952. The quantitative estimate of drug-likeness (QED) is 0.701. The topological polar surface area (TPSA) is 32.3 Å². The Balaban J connectivity index is 2.03. The predicted octanol–water partition coefficient (Wildman–Crippen LogP) is 4.45. The highest BCUT2D eigenvalue weighted by Crippen LogP contribution is 2.26. The zero-order chi connectivity index (χ0) is 18.2. The van der Waals surface area contributed by atoms with Crippen LogP contribution in [-0.4, -0.2) is 34.0 Å². The van der Waals surface area contributed by atoms with E-state index < -0.39 is 0 Å². The first-order valence-corrected chi connectivity index (χ1v) is 10.3. The van der Waals surface area contributed by atoms with E-state index in [9.17, 15) is 9.18 Å². The van der Waals surface area contributed by atoms with Gasteiger partial charge in [0.1, 0.15) is 10.1 Å². The van der Waals surface area contributed by atoms with Gasteiger partial charge in [0.15, 0.2) is 0 Å². The van der Waals surface area contributed by atoms with Gasteiger partial charge in [0.2, 0.25) is 5.91 Å². The van der Waals surface area contributed by atoms with Gasteiger partial charge in [0.05, 0.1) is 11.8 Å². The van der Waals surface area contributed by atoms with Crippen molar-refractivity contribution in [3.63, 3.8) is 0 Å². The van der Waals surface area contributed by atoms with E-state index in [0.29, 0.717) is 0 Å². The van der Waals surface area contributed by atoms with Crippen molar-refractivity contribution in [3.8, 4) is 0 Å². The molecule has 0 aliphatic heterocycles. The third-order valence-electron chi connectivity index (χ3n) is 3.68. The summed E-state index contributed by atoms with van der Waals surface area (Å²) in [6.07, 6.45) is 0. The lowest BCUT2D eigenvalue weighted by atomic mass is 10.1. The summed E-state index contributed by atoms with van der Waals surface area (Å²) < 4.78 is 13.9. The molecule has 1 heterocycles. The number of thiophene rings is 1. The van der Waals surface area contributed by atoms with Crippen molar-refractivity contribution in [2.75, 3.05) is 18.8 Å². The van der Waals surface area contributed by atoms with Gasteiger partial charge in [-0.2, -0.15) is 0 Å². The number of carbonyl (C=O) groups excluding carboxylic acids is 1. The number of rotatable bonds is 7. The van der Waals surface area contributed by atoms with Gasteiger partial charge in [-0.25, -0.2) is 4.39 Å². The van der Waals surface area contributed by atoms with Crippen LogP contribution in [0.5, 0.6) is 0 Å². The van der Waals surface area contributed by atoms with E-state index in [-0.39, 0.29) is 23.5 Å². The number of halogens is 1. The van der Waals surface area contributed by atoms with E-state index in [2.05, 4.69) is 5.32 Å². The van der Waals surface area contributed by atoms with Crippen LogP contribution in [0.4, 0.5) is 4.39 Å². The van der Waals surface area contributed by atoms with Crippen LogP contribution in [0.25, 0.3) is 0 Å². The van der Waals surface area contributed by atoms with Gasteiger partial charge < -0.3 is 10.2 Å². The highest BCUT2D eigenvalue weighted by molar-refractivity contribution is 8.23. The summed E-state index contributed by atoms with van der Waals surface area (Å²) >= 11 is 8.29. The molecule has 0 saturated heterocycles. The van der Waals surface area contributed by atoms with Crippen molar-refractivity contribution in [1.29, 1.82) is 0 Å². The highest BCUT2D eigenvalue weighted by Gasteiger charge is 2.19. The molecule has 1 atom stereocenters. The molecule has 0 unspecified atom stereocenters. The SMILES string of the molecule is CCN(CC)C(=S)SCC(=O)N[C@@H](c1ccc(F)cc1)c1cccs1. The number of hydrogen-bond acceptors (Lipinski definition) is 4. The highest BCUT2D eigenvalue weighted by atomic mass is 32.2. The fourth-order valence-corrected chi connectivity index (χ4v) is 4.35. The Morgan fingerprint density at radius 2 is 1.96 bits per heavy atom. The Labute approximate surface area is 161 Å². The molecule has 0 bridgehead atoms. The number of nitrogens with one attached hydrogen (secondary N) is 1. The van der Waals surface area contributed by atoms with Gasteiger partial charge in [0, 0.05) is 18.0 Å². The summed E-state index contributed by atoms with van der Waals surface area (Å²) in [5, 5.41) is 5.00. The number of benzene rings is 1. The molecule has 1 amide bonds. The average molecular weight is 397 g/mol. The van der Waals surface area contributed by atoms with Crippen LogP contribution in [0.1, 0.15) is 30.3 Å². The van der Waals surface area contributed by atoms with Crippen LogP contribution < -0.4 is 5.32 Å². The van der Waals surface area contributed by atoms with Crippen molar-refractivity contribution in [1.82, 2.24) is 10.2 Å². The van der Waals surface area contributed by atoms with Gasteiger partial charge in [-0.1, -0.05) is 42.2 Å². The fourth-order valence-electron chi connectivity index (χ4n) is 2.33. The Bertz CT molecular complexity index is 685. The molecular weight excluding hydrogens is 375 g/mol. The molecular formula is C18H21FN2OS3. The third kappa shape index (κ3) is 5.80. The lowest BCUT2D eigenvalue weighted by molar-refractivity contribution is -0.119. The maximum atomic E-state index is 13.2. The molecule has 134 valence electrons. The number of carbonyl (C=O) groups is 1. The molecule has 7 heteroatoms. The zero-order valence-corrected chi connectivity index (χ0v) is 16.6. The fraction of sp³-hybridized carbons (Fsp3) is 0.333. The summed E-state index contributed by atoms with van der Waals surface area (Å²) in [4.78, 5) is 15.5. The maximum absolute atomic E-state index is 13.2. The largest absolute Gasteiger partial charge is 0.358 e. The molecule has 3 nitrogen and oxygen atoms in total. The van der Waals surface area contributed by atoms with Crippen molar-refractivity contribution < 1.29 is 9.18 Å². The first kappa shape index (κ1) is 19.9. The Morgan fingerprint density at radius 3 is 2.52 bits per heavy atom. The molecule has 1 N–H and O–H groups in total. The molecule has 1 aromatic heterocycles. The third-order valence-corrected chi connectivity index (χ3v) is 6.15. The van der Waals surface area contributed by atoms with Crippen LogP contribution >= 0.6 is 35.3 Å². The number of hydrogen-bond donors (Lipinski definition) is 1. The van der Waals surface area contributed by atoms with Gasteiger partial charge in [-0.3, -0.25) is 4.79 Å². The molecule has 1 aromatic carbocycles. The monoisotopic (exact) mass is 396 g/mol. The maximum Gasteiger partial charge on any atom is 0.231 e. The molecule has 0 aliphatic rings. The van der Waals surface area contributed by atoms with Gasteiger partial charge >= 0.3 is 0 Å². The minimum Gasteiger partial charge on any atom is -0.358 e. The molecule has 0 aliphatic carbocycles. The molecule has 0 fully saturated rings. The smallest absolute Gasteiger partial charge is 0.231 e. The number of thioether (sulfide) groups is 1. The van der Waals surface area contributed by atoms with Gasteiger partial charge in [-0.15, -0.1) is 11.3 Å². The summed E-state index contributed by atoms with van der Waals surface area (Å²) in [6.45, 7) is 5.74. The van der Waals surface area contributed by atoms with Crippen LogP contribution in [0.15, 0.2) is 41.8 Å². The van der Waals surface area contributed by atoms with Crippen molar-refractivity contribution in [3.05, 3.63) is 58.0 Å². The Morgan fingerprint density at radius 1 is 1.28 bits per heavy atom. The van der Waals surface area contributed by atoms with Crippen molar-refractivity contribution in [2.45, 2.75) is 19.9 Å². The number of amides is 1. The molecule has 0 saturated carbocycles. The Hall–Kier alpha value is -1.44. The zero-order valence-electron chi connectivity index (χ0n) is 14.2. The van der Waals surface area contributed by atoms with Gasteiger partial charge in [0.25, 0.3) is 0 Å². The second kappa shape index (κ2) is 9.89. The first-order chi connectivity index (χ1) is 12.0. The van der Waals surface area contributed by atoms with Crippen LogP contribution in [0.2, 0.25) is 0 Å². The number of thiocarbonyl (C=S) groups is 1. The molecule has 2 rings (SSSR count). The molecule has 2 aromatic rings. The van der Waals surface area contributed by atoms with Gasteiger partial charge in [-0.05, 0) is 43.0 Å². The van der Waals surface area contributed by atoms with E-state index >= 15 is 0 Å². The van der Waals surface area contributed by atoms with E-state index in [1.165, 1.54) is 23.9 Å². The summed E-state index contributed by atoms with van der Waals surface area (Å²) in [5.74, 6) is -0.124. The lowest BCUT2D eigenvalue weighted by Gasteiger charge is -2.21. The standard InChI is InChI=1S/C18H21FN2OS3/c1-3-21(4-2)18(23)25-12-16(22)20-17(15-6-5-11-24-15)13-7-9-14(19)10-8-13/h5-11,17H,3-4,12H2,1-2H3,(H,20,22)/t17-/m0/s1. The van der Waals surface area contributed by atoms with Crippen LogP contribution in [0.3, 0.4) is 0 Å². The van der Waals surface area contributed by atoms with E-state index in [0.717, 1.165) is 27.9 Å². The molecule has 0 radical (unpaired) electrons. The second-order valence-corrected chi connectivity index (χ2v) is 7.88. The summed E-state index contributed by atoms with van der Waals surface area (Å²) in [7, 11) is 0. The second-order valence-electron chi connectivity index (χ2n) is 5.29. The molecule has 0 spiro atoms. The van der Waals surface area contributed by atoms with Crippen molar-refractivity contribution >= 4 is 45.5 Å².